The van der Waals surface area contributed by atoms with E-state index in [-0.39, 0.29) is 18.2 Å². The fourth-order valence-corrected chi connectivity index (χ4v) is 5.23. The molecule has 2 aliphatic heterocycles. The average Bonchev–Trinajstić information content (AvgIpc) is 3.18. The third kappa shape index (κ3) is 5.44. The second-order valence-corrected chi connectivity index (χ2v) is 10.8. The van der Waals surface area contributed by atoms with E-state index in [1.165, 1.54) is 18.6 Å². The molecular formula is C21H31FN6O3S. The van der Waals surface area contributed by atoms with Gasteiger partial charge in [0.15, 0.2) is 5.82 Å². The van der Waals surface area contributed by atoms with E-state index < -0.39 is 15.8 Å². The number of nitrogens with zero attached hydrogens (tertiary/aromatic N) is 5. The Morgan fingerprint density at radius 3 is 2.53 bits per heavy atom. The average molecular weight is 467 g/mol. The zero-order valence-corrected chi connectivity index (χ0v) is 19.6. The third-order valence-electron chi connectivity index (χ3n) is 6.11. The Labute approximate surface area is 188 Å². The lowest BCUT2D eigenvalue weighted by atomic mass is 9.98. The zero-order chi connectivity index (χ0) is 22.9. The molecule has 2 aromatic heterocycles. The van der Waals surface area contributed by atoms with E-state index in [2.05, 4.69) is 34.6 Å². The van der Waals surface area contributed by atoms with Crippen LogP contribution in [0.3, 0.4) is 0 Å². The number of sulfonamides is 1. The van der Waals surface area contributed by atoms with Gasteiger partial charge in [-0.15, -0.1) is 0 Å². The molecule has 11 heteroatoms. The van der Waals surface area contributed by atoms with Crippen LogP contribution in [0.1, 0.15) is 56.5 Å². The molecule has 9 nitrogen and oxygen atoms in total. The number of rotatable bonds is 7. The number of ether oxygens (including phenoxy) is 1. The number of aromatic nitrogens is 4. The summed E-state index contributed by atoms with van der Waals surface area (Å²) in [4.78, 5) is 10.1. The molecule has 2 aromatic rings. The number of halogens is 1. The van der Waals surface area contributed by atoms with E-state index in [4.69, 9.17) is 9.84 Å². The van der Waals surface area contributed by atoms with Gasteiger partial charge < -0.3 is 9.64 Å². The SMILES string of the molecule is CC(C)c1cc2n(n1)[C@@H](COC1CCN(c3ncc(F)cn3)CC1)[C@@H](NS(C)(=O)=O)CC2. The molecule has 1 N–H and O–H groups in total. The van der Waals surface area contributed by atoms with Crippen LogP contribution in [-0.2, 0) is 21.2 Å². The van der Waals surface area contributed by atoms with Crippen LogP contribution < -0.4 is 9.62 Å². The summed E-state index contributed by atoms with van der Waals surface area (Å²) in [5.41, 5.74) is 2.13. The van der Waals surface area contributed by atoms with Gasteiger partial charge in [0, 0.05) is 24.8 Å². The predicted molar refractivity (Wildman–Crippen MR) is 119 cm³/mol. The molecule has 4 rings (SSSR count). The Balaban J connectivity index is 1.41. The van der Waals surface area contributed by atoms with Gasteiger partial charge >= 0.3 is 0 Å². The Morgan fingerprint density at radius 1 is 1.22 bits per heavy atom. The summed E-state index contributed by atoms with van der Waals surface area (Å²) in [6.07, 6.45) is 6.67. The topological polar surface area (TPSA) is 102 Å². The second kappa shape index (κ2) is 9.40. The van der Waals surface area contributed by atoms with Crippen LogP contribution in [0.15, 0.2) is 18.5 Å². The molecule has 0 amide bonds. The Kier molecular flexibility index (Phi) is 6.78. The largest absolute Gasteiger partial charge is 0.376 e. The van der Waals surface area contributed by atoms with Gasteiger partial charge in [0.1, 0.15) is 0 Å². The van der Waals surface area contributed by atoms with E-state index in [9.17, 15) is 12.8 Å². The van der Waals surface area contributed by atoms with Crippen LogP contribution in [0.4, 0.5) is 10.3 Å². The normalized spacial score (nSPS) is 22.3. The van der Waals surface area contributed by atoms with Crippen molar-refractivity contribution in [2.24, 2.45) is 0 Å². The van der Waals surface area contributed by atoms with Gasteiger partial charge in [0.05, 0.1) is 43.1 Å². The number of piperidine rings is 1. The summed E-state index contributed by atoms with van der Waals surface area (Å²) in [6, 6.07) is 1.67. The fraction of sp³-hybridized carbons (Fsp3) is 0.667. The van der Waals surface area contributed by atoms with Crippen molar-refractivity contribution < 1.29 is 17.5 Å². The molecule has 4 heterocycles. The molecule has 0 bridgehead atoms. The Hall–Kier alpha value is -2.11. The summed E-state index contributed by atoms with van der Waals surface area (Å²) in [6.45, 7) is 6.03. The lowest BCUT2D eigenvalue weighted by Crippen LogP contribution is -2.47. The van der Waals surface area contributed by atoms with Gasteiger partial charge in [-0.1, -0.05) is 13.8 Å². The first-order valence-electron chi connectivity index (χ1n) is 11.1. The highest BCUT2D eigenvalue weighted by Crippen LogP contribution is 2.29. The molecular weight excluding hydrogens is 435 g/mol. The van der Waals surface area contributed by atoms with Crippen LogP contribution >= 0.6 is 0 Å². The summed E-state index contributed by atoms with van der Waals surface area (Å²) in [5, 5.41) is 4.78. The predicted octanol–water partition coefficient (Wildman–Crippen LogP) is 2.03. The number of hydrogen-bond acceptors (Lipinski definition) is 7. The van der Waals surface area contributed by atoms with E-state index >= 15 is 0 Å². The fourth-order valence-electron chi connectivity index (χ4n) is 4.40. The molecule has 32 heavy (non-hydrogen) atoms. The summed E-state index contributed by atoms with van der Waals surface area (Å²) in [7, 11) is -3.35. The second-order valence-electron chi connectivity index (χ2n) is 8.98. The molecule has 0 saturated carbocycles. The monoisotopic (exact) mass is 466 g/mol. The molecule has 0 unspecified atom stereocenters. The van der Waals surface area contributed by atoms with E-state index in [0.717, 1.165) is 43.7 Å². The summed E-state index contributed by atoms with van der Waals surface area (Å²) >= 11 is 0. The number of hydrogen-bond donors (Lipinski definition) is 1. The highest BCUT2D eigenvalue weighted by Gasteiger charge is 2.34. The molecule has 0 spiro atoms. The maximum atomic E-state index is 13.1. The van der Waals surface area contributed by atoms with E-state index in [0.29, 0.717) is 24.9 Å². The van der Waals surface area contributed by atoms with E-state index in [1.54, 1.807) is 0 Å². The van der Waals surface area contributed by atoms with Crippen LogP contribution in [-0.4, -0.2) is 66.3 Å². The van der Waals surface area contributed by atoms with Gasteiger partial charge in [-0.25, -0.2) is 27.5 Å². The smallest absolute Gasteiger partial charge is 0.225 e. The van der Waals surface area contributed by atoms with Crippen molar-refractivity contribution in [1.29, 1.82) is 0 Å². The molecule has 0 aromatic carbocycles. The van der Waals surface area contributed by atoms with Crippen molar-refractivity contribution >= 4 is 16.0 Å². The molecule has 2 atom stereocenters. The van der Waals surface area contributed by atoms with Crippen molar-refractivity contribution in [2.45, 2.75) is 63.6 Å². The highest BCUT2D eigenvalue weighted by molar-refractivity contribution is 7.88. The van der Waals surface area contributed by atoms with Crippen LogP contribution in [0.5, 0.6) is 0 Å². The molecule has 176 valence electrons. The molecule has 1 fully saturated rings. The standard InChI is InChI=1S/C21H31FN6O3S/c1-14(2)19-10-16-4-5-18(26-32(3,29)30)20(28(16)25-19)13-31-17-6-8-27(9-7-17)21-23-11-15(22)12-24-21/h10-12,14,17-18,20,26H,4-9,13H2,1-3H3/t18-,20-/m0/s1. The lowest BCUT2D eigenvalue weighted by Gasteiger charge is -2.36. The van der Waals surface area contributed by atoms with Crippen molar-refractivity contribution in [1.82, 2.24) is 24.5 Å². The molecule has 1 saturated heterocycles. The summed E-state index contributed by atoms with van der Waals surface area (Å²) in [5.74, 6) is 0.376. The van der Waals surface area contributed by atoms with Crippen molar-refractivity contribution in [2.75, 3.05) is 30.9 Å². The zero-order valence-electron chi connectivity index (χ0n) is 18.7. The van der Waals surface area contributed by atoms with Gasteiger partial charge in [0.2, 0.25) is 16.0 Å². The van der Waals surface area contributed by atoms with Crippen LogP contribution in [0.2, 0.25) is 0 Å². The molecule has 2 aliphatic rings. The van der Waals surface area contributed by atoms with E-state index in [1.807, 2.05) is 9.58 Å². The maximum absolute atomic E-state index is 13.1. The number of nitrogens with one attached hydrogen (secondary N) is 1. The van der Waals surface area contributed by atoms with Crippen molar-refractivity contribution in [3.63, 3.8) is 0 Å². The first-order valence-corrected chi connectivity index (χ1v) is 13.0. The van der Waals surface area contributed by atoms with Gasteiger partial charge in [-0.3, -0.25) is 4.68 Å². The lowest BCUT2D eigenvalue weighted by molar-refractivity contribution is 0.00597. The van der Waals surface area contributed by atoms with Crippen LogP contribution in [0.25, 0.3) is 0 Å². The number of fused-ring (bicyclic) bond motifs is 1. The number of anilines is 1. The molecule has 0 radical (unpaired) electrons. The first kappa shape index (κ1) is 23.1. The third-order valence-corrected chi connectivity index (χ3v) is 6.84. The Bertz CT molecular complexity index is 1020. The van der Waals surface area contributed by atoms with Gasteiger partial charge in [0.25, 0.3) is 0 Å². The highest BCUT2D eigenvalue weighted by atomic mass is 32.2. The maximum Gasteiger partial charge on any atom is 0.225 e. The van der Waals surface area contributed by atoms with Gasteiger partial charge in [-0.2, -0.15) is 5.10 Å². The quantitative estimate of drug-likeness (QED) is 0.666. The van der Waals surface area contributed by atoms with Gasteiger partial charge in [-0.05, 0) is 37.7 Å². The minimum absolute atomic E-state index is 0.0519. The molecule has 0 aliphatic carbocycles. The van der Waals surface area contributed by atoms with Crippen molar-refractivity contribution in [3.05, 3.63) is 35.7 Å². The van der Waals surface area contributed by atoms with Crippen LogP contribution in [0, 0.1) is 5.82 Å². The Morgan fingerprint density at radius 2 is 1.91 bits per heavy atom. The minimum atomic E-state index is -3.35. The summed E-state index contributed by atoms with van der Waals surface area (Å²) < 4.78 is 48.0. The first-order chi connectivity index (χ1) is 15.2. The number of aryl methyl sites for hydroxylation is 1. The van der Waals surface area contributed by atoms with Crippen molar-refractivity contribution in [3.8, 4) is 0 Å². The minimum Gasteiger partial charge on any atom is -0.376 e.